The van der Waals surface area contributed by atoms with Gasteiger partial charge in [0.15, 0.2) is 12.1 Å². The first-order valence-corrected chi connectivity index (χ1v) is 11.8. The lowest BCUT2D eigenvalue weighted by molar-refractivity contribution is -0.210. The first-order chi connectivity index (χ1) is 13.1. The third-order valence-corrected chi connectivity index (χ3v) is 7.28. The molecule has 0 saturated carbocycles. The Kier molecular flexibility index (Phi) is 5.89. The molecule has 0 aromatic heterocycles. The van der Waals surface area contributed by atoms with Gasteiger partial charge in [-0.1, -0.05) is 60.7 Å². The van der Waals surface area contributed by atoms with Crippen molar-refractivity contribution < 1.29 is 18.7 Å². The average Bonchev–Trinajstić information content (AvgIpc) is 3.13. The van der Waals surface area contributed by atoms with Crippen LogP contribution in [0.2, 0.25) is 0 Å². The molecule has 0 amide bonds. The molecule has 2 aromatic carbocycles. The zero-order valence-electron chi connectivity index (χ0n) is 15.8. The van der Waals surface area contributed by atoms with E-state index >= 15 is 0 Å². The van der Waals surface area contributed by atoms with Crippen LogP contribution in [0.15, 0.2) is 60.7 Å². The molecule has 2 saturated heterocycles. The summed E-state index contributed by atoms with van der Waals surface area (Å²) in [6.07, 6.45) is 1.27. The van der Waals surface area contributed by atoms with Crippen LogP contribution in [0.3, 0.4) is 0 Å². The molecule has 2 aliphatic heterocycles. The number of rotatable bonds is 6. The van der Waals surface area contributed by atoms with E-state index in [1.165, 1.54) is 10.6 Å². The molecule has 0 unspecified atom stereocenters. The Morgan fingerprint density at radius 1 is 0.963 bits per heavy atom. The smallest absolute Gasteiger partial charge is 0.190 e. The summed E-state index contributed by atoms with van der Waals surface area (Å²) in [7, 11) is -0.979. The predicted molar refractivity (Wildman–Crippen MR) is 111 cm³/mol. The number of hydrogen-bond acceptors (Lipinski definition) is 5. The predicted octanol–water partition coefficient (Wildman–Crippen LogP) is 3.66. The van der Waals surface area contributed by atoms with Crippen LogP contribution in [0, 0.1) is 0 Å². The molecule has 144 valence electrons. The molecule has 2 aliphatic rings. The fraction of sp³-hybridized carbons (Fsp3) is 0.429. The molecule has 27 heavy (non-hydrogen) atoms. The van der Waals surface area contributed by atoms with Gasteiger partial charge in [0.25, 0.3) is 0 Å². The molecule has 2 aromatic rings. The van der Waals surface area contributed by atoms with Crippen molar-refractivity contribution in [2.75, 3.05) is 12.0 Å². The van der Waals surface area contributed by atoms with Crippen LogP contribution in [-0.4, -0.2) is 42.4 Å². The van der Waals surface area contributed by atoms with Crippen molar-refractivity contribution in [3.05, 3.63) is 60.7 Å². The molecule has 0 spiro atoms. The van der Waals surface area contributed by atoms with E-state index in [1.807, 2.05) is 26.0 Å². The molecule has 0 aliphatic carbocycles. The molecule has 0 bridgehead atoms. The molecule has 4 nitrogen and oxygen atoms in total. The summed E-state index contributed by atoms with van der Waals surface area (Å²) in [4.78, 5) is 0. The standard InChI is InChI=1S/C21H25O4PS/c1-21(2)23-19-18(17(14-27-3)22-20(19)24-21)25-26(15-10-6-4-7-11-15)16-12-8-5-9-13-16/h4-13,17-20H,14H2,1-3H3/t17-,18+,19-,20-/m1/s1. The lowest BCUT2D eigenvalue weighted by Gasteiger charge is -2.29. The third kappa shape index (κ3) is 4.24. The van der Waals surface area contributed by atoms with Gasteiger partial charge in [-0.3, -0.25) is 0 Å². The summed E-state index contributed by atoms with van der Waals surface area (Å²) in [5.41, 5.74) is 0. The maximum Gasteiger partial charge on any atom is 0.190 e. The summed E-state index contributed by atoms with van der Waals surface area (Å²) in [5, 5.41) is 2.37. The molecule has 0 N–H and O–H groups in total. The van der Waals surface area contributed by atoms with Crippen molar-refractivity contribution in [1.82, 2.24) is 0 Å². The quantitative estimate of drug-likeness (QED) is 0.687. The van der Waals surface area contributed by atoms with Crippen LogP contribution in [0.25, 0.3) is 0 Å². The summed E-state index contributed by atoms with van der Waals surface area (Å²) in [6.45, 7) is 3.85. The van der Waals surface area contributed by atoms with E-state index in [2.05, 4.69) is 54.8 Å². The topological polar surface area (TPSA) is 36.9 Å². The number of fused-ring (bicyclic) bond motifs is 1. The minimum absolute atomic E-state index is 0.0523. The molecule has 6 heteroatoms. The summed E-state index contributed by atoms with van der Waals surface area (Å²) >= 11 is 1.75. The van der Waals surface area contributed by atoms with Crippen LogP contribution < -0.4 is 10.6 Å². The van der Waals surface area contributed by atoms with Gasteiger partial charge >= 0.3 is 0 Å². The first kappa shape index (κ1) is 19.4. The van der Waals surface area contributed by atoms with Gasteiger partial charge in [0.05, 0.1) is 14.3 Å². The number of thioether (sulfide) groups is 1. The average molecular weight is 404 g/mol. The Labute approximate surface area is 166 Å². The Balaban J connectivity index is 1.64. The van der Waals surface area contributed by atoms with E-state index in [9.17, 15) is 0 Å². The highest BCUT2D eigenvalue weighted by molar-refractivity contribution is 7.98. The molecular weight excluding hydrogens is 379 g/mol. The van der Waals surface area contributed by atoms with Crippen molar-refractivity contribution in [3.63, 3.8) is 0 Å². The highest BCUT2D eigenvalue weighted by atomic mass is 32.2. The molecule has 2 heterocycles. The van der Waals surface area contributed by atoms with Gasteiger partial charge in [-0.15, -0.1) is 0 Å². The van der Waals surface area contributed by atoms with Crippen LogP contribution in [0.5, 0.6) is 0 Å². The van der Waals surface area contributed by atoms with E-state index in [1.54, 1.807) is 11.8 Å². The van der Waals surface area contributed by atoms with E-state index in [0.29, 0.717) is 0 Å². The Morgan fingerprint density at radius 2 is 1.56 bits per heavy atom. The molecule has 0 radical (unpaired) electrons. The van der Waals surface area contributed by atoms with Crippen LogP contribution in [-0.2, 0) is 18.7 Å². The highest BCUT2D eigenvalue weighted by Crippen LogP contribution is 2.45. The summed E-state index contributed by atoms with van der Waals surface area (Å²) in [6, 6.07) is 20.8. The van der Waals surface area contributed by atoms with Crippen LogP contribution >= 0.6 is 19.9 Å². The second-order valence-electron chi connectivity index (χ2n) is 7.13. The van der Waals surface area contributed by atoms with Crippen molar-refractivity contribution in [1.29, 1.82) is 0 Å². The fourth-order valence-electron chi connectivity index (χ4n) is 3.49. The third-order valence-electron chi connectivity index (χ3n) is 4.63. The van der Waals surface area contributed by atoms with E-state index in [4.69, 9.17) is 18.7 Å². The van der Waals surface area contributed by atoms with Gasteiger partial charge in [0, 0.05) is 16.4 Å². The zero-order chi connectivity index (χ0) is 18.9. The number of benzene rings is 2. The second kappa shape index (κ2) is 8.20. The van der Waals surface area contributed by atoms with Crippen LogP contribution in [0.4, 0.5) is 0 Å². The Hall–Kier alpha value is -0.940. The lowest BCUT2D eigenvalue weighted by atomic mass is 10.1. The van der Waals surface area contributed by atoms with Crippen molar-refractivity contribution in [2.24, 2.45) is 0 Å². The SMILES string of the molecule is CSC[C@H]1O[C@@H]2OC(C)(C)O[C@@H]2[C@H]1OP(c1ccccc1)c1ccccc1. The molecule has 4 rings (SSSR count). The maximum absolute atomic E-state index is 6.78. The van der Waals surface area contributed by atoms with Gasteiger partial charge in [0.1, 0.15) is 12.2 Å². The lowest BCUT2D eigenvalue weighted by Crippen LogP contribution is -2.38. The van der Waals surface area contributed by atoms with Gasteiger partial charge in [-0.2, -0.15) is 11.8 Å². The van der Waals surface area contributed by atoms with Crippen LogP contribution in [0.1, 0.15) is 13.8 Å². The van der Waals surface area contributed by atoms with Crippen molar-refractivity contribution in [3.8, 4) is 0 Å². The summed E-state index contributed by atoms with van der Waals surface area (Å²) in [5.74, 6) is 0.196. The largest absolute Gasteiger partial charge is 0.343 e. The Morgan fingerprint density at radius 3 is 2.11 bits per heavy atom. The Bertz CT molecular complexity index is 703. The maximum atomic E-state index is 6.78. The monoisotopic (exact) mass is 404 g/mol. The van der Waals surface area contributed by atoms with Crippen molar-refractivity contribution >= 4 is 30.5 Å². The molecular formula is C21H25O4PS. The van der Waals surface area contributed by atoms with Gasteiger partial charge in [0.2, 0.25) is 0 Å². The number of hydrogen-bond donors (Lipinski definition) is 0. The number of ether oxygens (including phenoxy) is 3. The van der Waals surface area contributed by atoms with E-state index in [0.717, 1.165) is 5.75 Å². The fourth-order valence-corrected chi connectivity index (χ4v) is 6.02. The van der Waals surface area contributed by atoms with E-state index in [-0.39, 0.29) is 24.6 Å². The normalized spacial score (nSPS) is 29.2. The first-order valence-electron chi connectivity index (χ1n) is 9.14. The van der Waals surface area contributed by atoms with Gasteiger partial charge in [-0.05, 0) is 20.1 Å². The summed E-state index contributed by atoms with van der Waals surface area (Å²) < 4.78 is 25.1. The second-order valence-corrected chi connectivity index (χ2v) is 9.88. The van der Waals surface area contributed by atoms with E-state index < -0.39 is 13.9 Å². The highest BCUT2D eigenvalue weighted by Gasteiger charge is 2.55. The minimum Gasteiger partial charge on any atom is -0.343 e. The zero-order valence-corrected chi connectivity index (χ0v) is 17.5. The molecule has 4 atom stereocenters. The van der Waals surface area contributed by atoms with Crippen molar-refractivity contribution in [2.45, 2.75) is 44.2 Å². The van der Waals surface area contributed by atoms with Gasteiger partial charge in [-0.25, -0.2) is 0 Å². The molecule has 2 fully saturated rings. The van der Waals surface area contributed by atoms with Gasteiger partial charge < -0.3 is 18.7 Å². The minimum atomic E-state index is -0.979.